The third-order valence-corrected chi connectivity index (χ3v) is 4.42. The van der Waals surface area contributed by atoms with Crippen LogP contribution in [-0.4, -0.2) is 56.1 Å². The SMILES string of the molecule is COC(=O)C(C)Cc1ccc2c(c1)OC(C1CNC1)CO2.O=C(O)C(F)(F)F. The van der Waals surface area contributed by atoms with Gasteiger partial charge >= 0.3 is 18.1 Å². The summed E-state index contributed by atoms with van der Waals surface area (Å²) in [5, 5.41) is 10.4. The lowest BCUT2D eigenvalue weighted by molar-refractivity contribution is -0.192. The van der Waals surface area contributed by atoms with Crippen molar-refractivity contribution < 1.29 is 42.1 Å². The number of benzene rings is 1. The summed E-state index contributed by atoms with van der Waals surface area (Å²) in [4.78, 5) is 20.4. The van der Waals surface area contributed by atoms with Crippen molar-refractivity contribution in [2.45, 2.75) is 25.6 Å². The van der Waals surface area contributed by atoms with Crippen molar-refractivity contribution in [2.24, 2.45) is 11.8 Å². The lowest BCUT2D eigenvalue weighted by atomic mass is 9.96. The highest BCUT2D eigenvalue weighted by atomic mass is 19.4. The molecule has 0 bridgehead atoms. The zero-order chi connectivity index (χ0) is 20.9. The molecule has 1 aromatic rings. The lowest BCUT2D eigenvalue weighted by Crippen LogP contribution is -2.53. The van der Waals surface area contributed by atoms with Gasteiger partial charge in [0.15, 0.2) is 11.5 Å². The van der Waals surface area contributed by atoms with Gasteiger partial charge in [0.25, 0.3) is 0 Å². The summed E-state index contributed by atoms with van der Waals surface area (Å²) in [6, 6.07) is 5.88. The number of alkyl halides is 3. The van der Waals surface area contributed by atoms with E-state index in [0.29, 0.717) is 18.9 Å². The van der Waals surface area contributed by atoms with Crippen LogP contribution >= 0.6 is 0 Å². The number of carboxylic acid groups (broad SMARTS) is 1. The van der Waals surface area contributed by atoms with Crippen molar-refractivity contribution in [2.75, 3.05) is 26.8 Å². The molecule has 1 aromatic carbocycles. The van der Waals surface area contributed by atoms with Gasteiger partial charge in [0, 0.05) is 19.0 Å². The van der Waals surface area contributed by atoms with Gasteiger partial charge in [0.2, 0.25) is 0 Å². The summed E-state index contributed by atoms with van der Waals surface area (Å²) in [5.41, 5.74) is 1.06. The summed E-state index contributed by atoms with van der Waals surface area (Å²) in [6.45, 7) is 4.45. The summed E-state index contributed by atoms with van der Waals surface area (Å²) >= 11 is 0. The lowest BCUT2D eigenvalue weighted by Gasteiger charge is -2.37. The molecule has 0 aromatic heterocycles. The molecular formula is C18H22F3NO6. The molecule has 1 saturated heterocycles. The van der Waals surface area contributed by atoms with E-state index in [-0.39, 0.29) is 18.0 Å². The molecule has 2 aliphatic heterocycles. The molecule has 3 rings (SSSR count). The molecule has 7 nitrogen and oxygen atoms in total. The fourth-order valence-corrected chi connectivity index (χ4v) is 2.70. The van der Waals surface area contributed by atoms with Crippen LogP contribution in [0.15, 0.2) is 18.2 Å². The predicted octanol–water partition coefficient (Wildman–Crippen LogP) is 2.03. The highest BCUT2D eigenvalue weighted by Gasteiger charge is 2.38. The minimum absolute atomic E-state index is 0.118. The molecule has 2 atom stereocenters. The quantitative estimate of drug-likeness (QED) is 0.741. The number of esters is 1. The number of hydrogen-bond donors (Lipinski definition) is 2. The maximum atomic E-state index is 11.5. The molecule has 0 aliphatic carbocycles. The van der Waals surface area contributed by atoms with E-state index in [2.05, 4.69) is 5.32 Å². The molecule has 10 heteroatoms. The largest absolute Gasteiger partial charge is 0.490 e. The number of carbonyl (C=O) groups excluding carboxylic acids is 1. The molecule has 0 radical (unpaired) electrons. The Labute approximate surface area is 159 Å². The fraction of sp³-hybridized carbons (Fsp3) is 0.556. The van der Waals surface area contributed by atoms with Gasteiger partial charge in [-0.2, -0.15) is 13.2 Å². The summed E-state index contributed by atoms with van der Waals surface area (Å²) < 4.78 is 48.3. The Morgan fingerprint density at radius 1 is 1.32 bits per heavy atom. The van der Waals surface area contributed by atoms with Crippen molar-refractivity contribution in [3.63, 3.8) is 0 Å². The van der Waals surface area contributed by atoms with Gasteiger partial charge in [0.05, 0.1) is 13.0 Å². The molecule has 2 aliphatic rings. The molecule has 2 N–H and O–H groups in total. The number of rotatable bonds is 4. The third-order valence-electron chi connectivity index (χ3n) is 4.42. The van der Waals surface area contributed by atoms with E-state index in [1.807, 2.05) is 25.1 Å². The van der Waals surface area contributed by atoms with Crippen molar-refractivity contribution >= 4 is 11.9 Å². The van der Waals surface area contributed by atoms with Crippen LogP contribution in [0.4, 0.5) is 13.2 Å². The molecule has 2 unspecified atom stereocenters. The Morgan fingerprint density at radius 2 is 1.96 bits per heavy atom. The first-order chi connectivity index (χ1) is 13.1. The highest BCUT2D eigenvalue weighted by molar-refractivity contribution is 5.73. The van der Waals surface area contributed by atoms with Gasteiger partial charge in [-0.3, -0.25) is 4.79 Å². The minimum Gasteiger partial charge on any atom is -0.486 e. The van der Waals surface area contributed by atoms with Gasteiger partial charge in [-0.05, 0) is 24.1 Å². The molecule has 0 amide bonds. The van der Waals surface area contributed by atoms with Gasteiger partial charge in [-0.15, -0.1) is 0 Å². The normalized spacial score (nSPS) is 19.5. The number of ether oxygens (including phenoxy) is 3. The van der Waals surface area contributed by atoms with Gasteiger partial charge in [-0.1, -0.05) is 13.0 Å². The van der Waals surface area contributed by atoms with Crippen LogP contribution in [0.3, 0.4) is 0 Å². The van der Waals surface area contributed by atoms with E-state index in [1.165, 1.54) is 7.11 Å². The summed E-state index contributed by atoms with van der Waals surface area (Å²) in [7, 11) is 1.42. The van der Waals surface area contributed by atoms with Crippen LogP contribution in [0, 0.1) is 11.8 Å². The number of methoxy groups -OCH3 is 1. The minimum atomic E-state index is -5.08. The number of hydrogen-bond acceptors (Lipinski definition) is 6. The second kappa shape index (κ2) is 9.13. The number of carboxylic acids is 1. The van der Waals surface area contributed by atoms with Crippen molar-refractivity contribution in [3.05, 3.63) is 23.8 Å². The number of nitrogens with one attached hydrogen (secondary N) is 1. The van der Waals surface area contributed by atoms with Gasteiger partial charge in [0.1, 0.15) is 12.7 Å². The first kappa shape index (κ1) is 21.8. The van der Waals surface area contributed by atoms with Crippen LogP contribution in [0.25, 0.3) is 0 Å². The van der Waals surface area contributed by atoms with Gasteiger partial charge < -0.3 is 24.6 Å². The van der Waals surface area contributed by atoms with Crippen molar-refractivity contribution in [3.8, 4) is 11.5 Å². The maximum absolute atomic E-state index is 11.5. The average Bonchev–Trinajstić information content (AvgIpc) is 2.59. The Balaban J connectivity index is 0.000000345. The first-order valence-corrected chi connectivity index (χ1v) is 8.62. The molecule has 156 valence electrons. The van der Waals surface area contributed by atoms with E-state index in [1.54, 1.807) is 0 Å². The fourth-order valence-electron chi connectivity index (χ4n) is 2.70. The number of carbonyl (C=O) groups is 2. The molecule has 2 heterocycles. The summed E-state index contributed by atoms with van der Waals surface area (Å²) in [6.07, 6.45) is -4.33. The molecular weight excluding hydrogens is 383 g/mol. The molecule has 0 spiro atoms. The van der Waals surface area contributed by atoms with Gasteiger partial charge in [-0.25, -0.2) is 4.79 Å². The molecule has 28 heavy (non-hydrogen) atoms. The van der Waals surface area contributed by atoms with Crippen LogP contribution < -0.4 is 14.8 Å². The van der Waals surface area contributed by atoms with E-state index in [9.17, 15) is 18.0 Å². The van der Waals surface area contributed by atoms with Crippen LogP contribution in [0.2, 0.25) is 0 Å². The van der Waals surface area contributed by atoms with E-state index < -0.39 is 12.1 Å². The average molecular weight is 405 g/mol. The number of aliphatic carboxylic acids is 1. The smallest absolute Gasteiger partial charge is 0.486 e. The van der Waals surface area contributed by atoms with Crippen LogP contribution in [-0.2, 0) is 20.7 Å². The third kappa shape index (κ3) is 5.75. The zero-order valence-corrected chi connectivity index (χ0v) is 15.4. The Kier molecular flexibility index (Phi) is 7.11. The zero-order valence-electron chi connectivity index (χ0n) is 15.4. The number of fused-ring (bicyclic) bond motifs is 1. The highest BCUT2D eigenvalue weighted by Crippen LogP contribution is 2.35. The Morgan fingerprint density at radius 3 is 2.46 bits per heavy atom. The monoisotopic (exact) mass is 405 g/mol. The second-order valence-corrected chi connectivity index (χ2v) is 6.60. The van der Waals surface area contributed by atoms with Crippen molar-refractivity contribution in [1.82, 2.24) is 5.32 Å². The van der Waals surface area contributed by atoms with E-state index in [0.717, 1.165) is 30.2 Å². The molecule has 0 saturated carbocycles. The predicted molar refractivity (Wildman–Crippen MR) is 91.3 cm³/mol. The van der Waals surface area contributed by atoms with E-state index >= 15 is 0 Å². The Hall–Kier alpha value is -2.49. The van der Waals surface area contributed by atoms with Crippen LogP contribution in [0.1, 0.15) is 12.5 Å². The second-order valence-electron chi connectivity index (χ2n) is 6.60. The number of halogens is 3. The standard InChI is InChI=1S/C16H21NO4.C2HF3O2/c1-10(16(18)19-2)5-11-3-4-13-14(6-11)21-15(9-20-13)12-7-17-8-12;3-2(4,5)1(6)7/h3-4,6,10,12,15,17H,5,7-9H2,1-2H3;(H,6,7). The maximum Gasteiger partial charge on any atom is 0.490 e. The molecule has 1 fully saturated rings. The van der Waals surface area contributed by atoms with Crippen LogP contribution in [0.5, 0.6) is 11.5 Å². The van der Waals surface area contributed by atoms with E-state index in [4.69, 9.17) is 24.1 Å². The first-order valence-electron chi connectivity index (χ1n) is 8.62. The van der Waals surface area contributed by atoms with Crippen molar-refractivity contribution in [1.29, 1.82) is 0 Å². The topological polar surface area (TPSA) is 94.1 Å². The summed E-state index contributed by atoms with van der Waals surface area (Å²) in [5.74, 6) is -1.02. The Bertz CT molecular complexity index is 705.